The summed E-state index contributed by atoms with van der Waals surface area (Å²) < 4.78 is 20.9. The fourth-order valence-electron chi connectivity index (χ4n) is 3.43. The minimum Gasteiger partial charge on any atom is -0.507 e. The number of halogens is 1. The molecular weight excluding hydrogens is 546 g/mol. The third kappa shape index (κ3) is 7.81. The predicted octanol–water partition coefficient (Wildman–Crippen LogP) is 5.67. The van der Waals surface area contributed by atoms with Crippen molar-refractivity contribution in [1.29, 1.82) is 0 Å². The lowest BCUT2D eigenvalue weighted by Gasteiger charge is -2.17. The Labute approximate surface area is 235 Å². The number of fused-ring (bicyclic) bond motifs is 1. The number of thioether (sulfide) groups is 1. The molecule has 0 fully saturated rings. The molecule has 2 N–H and O–H groups in total. The number of ether oxygens (including phenoxy) is 4. The van der Waals surface area contributed by atoms with Crippen LogP contribution in [0.3, 0.4) is 0 Å². The first-order chi connectivity index (χ1) is 18.8. The van der Waals surface area contributed by atoms with Crippen LogP contribution in [0.1, 0.15) is 26.3 Å². The molecule has 3 rings (SSSR count). The Balaban J connectivity index is 2.17. The van der Waals surface area contributed by atoms with E-state index in [9.17, 15) is 19.5 Å². The fraction of sp³-hybridized carbons (Fsp3) is 0.250. The average molecular weight is 574 g/mol. The van der Waals surface area contributed by atoms with E-state index in [4.69, 9.17) is 30.5 Å². The van der Waals surface area contributed by atoms with Crippen molar-refractivity contribution < 1.29 is 38.4 Å². The van der Waals surface area contributed by atoms with Gasteiger partial charge in [-0.15, -0.1) is 11.8 Å². The number of rotatable bonds is 11. The Morgan fingerprint density at radius 1 is 0.974 bits per heavy atom. The van der Waals surface area contributed by atoms with Gasteiger partial charge < -0.3 is 29.4 Å². The van der Waals surface area contributed by atoms with Crippen LogP contribution in [0.25, 0.3) is 6.08 Å². The molecule has 2 aromatic carbocycles. The molecule has 0 bridgehead atoms. The molecule has 0 aromatic heterocycles. The van der Waals surface area contributed by atoms with Gasteiger partial charge in [0.1, 0.15) is 5.76 Å². The van der Waals surface area contributed by atoms with Crippen LogP contribution in [0, 0.1) is 0 Å². The zero-order chi connectivity index (χ0) is 28.4. The second-order valence-corrected chi connectivity index (χ2v) is 9.46. The van der Waals surface area contributed by atoms with Crippen molar-refractivity contribution in [3.05, 3.63) is 80.9 Å². The lowest BCUT2D eigenvalue weighted by molar-refractivity contribution is -0.146. The second kappa shape index (κ2) is 14.3. The van der Waals surface area contributed by atoms with Gasteiger partial charge in [0.05, 0.1) is 18.8 Å². The van der Waals surface area contributed by atoms with Crippen LogP contribution < -0.4 is 14.8 Å². The first-order valence-corrected chi connectivity index (χ1v) is 13.4. The number of esters is 2. The highest BCUT2D eigenvalue weighted by molar-refractivity contribution is 8.03. The number of anilines is 1. The van der Waals surface area contributed by atoms with Crippen molar-refractivity contribution in [2.24, 2.45) is 0 Å². The predicted molar refractivity (Wildman–Crippen MR) is 150 cm³/mol. The van der Waals surface area contributed by atoms with Gasteiger partial charge in [-0.25, -0.2) is 9.59 Å². The molecule has 0 saturated heterocycles. The summed E-state index contributed by atoms with van der Waals surface area (Å²) in [5, 5.41) is 14.4. The van der Waals surface area contributed by atoms with Crippen molar-refractivity contribution in [3.8, 4) is 11.5 Å². The molecular formula is C28H28ClNO8S. The Bertz CT molecular complexity index is 1300. The van der Waals surface area contributed by atoms with Crippen LogP contribution in [0.15, 0.2) is 70.4 Å². The van der Waals surface area contributed by atoms with E-state index >= 15 is 0 Å². The number of aliphatic hydroxyl groups excluding tert-OH is 1. The standard InChI is InChI=1S/C28H28ClNO8S/c1-4-35-27(33)24(28(34)36-5-2)25(39-6-3)23(26(32)30-19-11-9-18(29)10-12-19)20(31)13-7-17-8-14-21-22(15-17)38-16-37-21/h7-15,31H,4-6,16H2,1-3H3,(H,30,32)/b13-7+,23-20-. The maximum absolute atomic E-state index is 13.6. The van der Waals surface area contributed by atoms with Crippen molar-refractivity contribution >= 4 is 53.0 Å². The third-order valence-corrected chi connectivity index (χ3v) is 6.36. The van der Waals surface area contributed by atoms with Crippen molar-refractivity contribution in [3.63, 3.8) is 0 Å². The fourth-order valence-corrected chi connectivity index (χ4v) is 4.49. The smallest absolute Gasteiger partial charge is 0.346 e. The molecule has 0 atom stereocenters. The second-order valence-electron chi connectivity index (χ2n) is 7.75. The molecule has 39 heavy (non-hydrogen) atoms. The van der Waals surface area contributed by atoms with Crippen LogP contribution >= 0.6 is 23.4 Å². The highest BCUT2D eigenvalue weighted by atomic mass is 35.5. The van der Waals surface area contributed by atoms with Gasteiger partial charge in [-0.05, 0) is 67.6 Å². The van der Waals surface area contributed by atoms with Gasteiger partial charge in [-0.1, -0.05) is 30.7 Å². The van der Waals surface area contributed by atoms with Gasteiger partial charge in [0, 0.05) is 15.6 Å². The molecule has 1 heterocycles. The summed E-state index contributed by atoms with van der Waals surface area (Å²) in [5.41, 5.74) is 0.219. The largest absolute Gasteiger partial charge is 0.507 e. The van der Waals surface area contributed by atoms with E-state index in [1.807, 2.05) is 0 Å². The molecule has 0 radical (unpaired) electrons. The van der Waals surface area contributed by atoms with Gasteiger partial charge in [-0.3, -0.25) is 4.79 Å². The molecule has 1 aliphatic rings. The van der Waals surface area contributed by atoms with Gasteiger partial charge in [-0.2, -0.15) is 0 Å². The number of allylic oxidation sites excluding steroid dienone is 1. The Morgan fingerprint density at radius 2 is 1.62 bits per heavy atom. The van der Waals surface area contributed by atoms with Crippen LogP contribution in [0.4, 0.5) is 5.69 Å². The number of benzene rings is 2. The van der Waals surface area contributed by atoms with Gasteiger partial charge in [0.2, 0.25) is 6.79 Å². The summed E-state index contributed by atoms with van der Waals surface area (Å²) in [4.78, 5) is 39.4. The third-order valence-electron chi connectivity index (χ3n) is 5.12. The Kier molecular flexibility index (Phi) is 10.9. The Morgan fingerprint density at radius 3 is 2.23 bits per heavy atom. The molecule has 0 unspecified atom stereocenters. The summed E-state index contributed by atoms with van der Waals surface area (Å²) >= 11 is 6.97. The van der Waals surface area contributed by atoms with E-state index < -0.39 is 29.2 Å². The number of hydrogen-bond acceptors (Lipinski definition) is 9. The average Bonchev–Trinajstić information content (AvgIpc) is 3.37. The highest BCUT2D eigenvalue weighted by Crippen LogP contribution is 2.34. The Hall–Kier alpha value is -3.89. The first kappa shape index (κ1) is 29.7. The van der Waals surface area contributed by atoms with Crippen LogP contribution in [0.5, 0.6) is 11.5 Å². The van der Waals surface area contributed by atoms with E-state index in [2.05, 4.69) is 5.32 Å². The van der Waals surface area contributed by atoms with Gasteiger partial charge >= 0.3 is 11.9 Å². The number of carbonyl (C=O) groups excluding carboxylic acids is 3. The zero-order valence-corrected chi connectivity index (χ0v) is 23.2. The number of carbonyl (C=O) groups is 3. The lowest BCUT2D eigenvalue weighted by Crippen LogP contribution is -2.24. The van der Waals surface area contributed by atoms with Crippen molar-refractivity contribution in [1.82, 2.24) is 0 Å². The number of aliphatic hydroxyl groups is 1. The molecule has 2 aromatic rings. The molecule has 11 heteroatoms. The summed E-state index contributed by atoms with van der Waals surface area (Å²) in [5.74, 6) is -1.74. The molecule has 0 saturated carbocycles. The van der Waals surface area contributed by atoms with E-state index in [0.29, 0.717) is 33.5 Å². The topological polar surface area (TPSA) is 120 Å². The lowest BCUT2D eigenvalue weighted by atomic mass is 10.1. The first-order valence-electron chi connectivity index (χ1n) is 12.1. The maximum atomic E-state index is 13.6. The molecule has 206 valence electrons. The molecule has 0 aliphatic carbocycles. The monoisotopic (exact) mass is 573 g/mol. The number of amides is 1. The maximum Gasteiger partial charge on any atom is 0.346 e. The summed E-state index contributed by atoms with van der Waals surface area (Å²) in [6, 6.07) is 11.5. The molecule has 1 aliphatic heterocycles. The van der Waals surface area contributed by atoms with Crippen LogP contribution in [-0.2, 0) is 23.9 Å². The van der Waals surface area contributed by atoms with Gasteiger partial charge in [0.25, 0.3) is 5.91 Å². The van der Waals surface area contributed by atoms with E-state index in [-0.39, 0.29) is 30.5 Å². The van der Waals surface area contributed by atoms with E-state index in [1.54, 1.807) is 69.3 Å². The quantitative estimate of drug-likeness (QED) is 0.0875. The van der Waals surface area contributed by atoms with E-state index in [0.717, 1.165) is 11.8 Å². The minimum absolute atomic E-state index is 0.0160. The van der Waals surface area contributed by atoms with E-state index in [1.165, 1.54) is 6.08 Å². The van der Waals surface area contributed by atoms with Crippen LogP contribution in [-0.4, -0.2) is 48.7 Å². The minimum atomic E-state index is -0.976. The zero-order valence-electron chi connectivity index (χ0n) is 21.6. The molecule has 1 amide bonds. The molecule has 9 nitrogen and oxygen atoms in total. The number of hydrogen-bond donors (Lipinski definition) is 2. The summed E-state index contributed by atoms with van der Waals surface area (Å²) in [6.07, 6.45) is 2.84. The summed E-state index contributed by atoms with van der Waals surface area (Å²) in [7, 11) is 0. The number of nitrogens with one attached hydrogen (secondary N) is 1. The highest BCUT2D eigenvalue weighted by Gasteiger charge is 2.32. The normalized spacial score (nSPS) is 12.5. The van der Waals surface area contributed by atoms with Crippen molar-refractivity contribution in [2.75, 3.05) is 31.1 Å². The van der Waals surface area contributed by atoms with Crippen LogP contribution in [0.2, 0.25) is 5.02 Å². The van der Waals surface area contributed by atoms with Crippen molar-refractivity contribution in [2.45, 2.75) is 20.8 Å². The SMILES string of the molecule is CCOC(=O)C(C(=O)OCC)=C(SCC)/C(C(=O)Nc1ccc(Cl)cc1)=C(O)\C=C\c1ccc2c(c1)OCO2. The van der Waals surface area contributed by atoms with Gasteiger partial charge in [0.15, 0.2) is 17.1 Å². The summed E-state index contributed by atoms with van der Waals surface area (Å²) in [6.45, 7) is 5.02. The molecule has 0 spiro atoms.